The van der Waals surface area contributed by atoms with Crippen molar-refractivity contribution in [3.05, 3.63) is 83.8 Å². The molecule has 1 N–H and O–H groups in total. The molecular weight excluding hydrogens is 354 g/mol. The molecule has 0 aliphatic carbocycles. The molecular formula is C19H17NO5S. The first-order valence-corrected chi connectivity index (χ1v) is 9.28. The number of furan rings is 1. The van der Waals surface area contributed by atoms with E-state index in [1.165, 1.54) is 28.8 Å². The summed E-state index contributed by atoms with van der Waals surface area (Å²) in [6.07, 6.45) is 1.47. The predicted octanol–water partition coefficient (Wildman–Crippen LogP) is 3.68. The van der Waals surface area contributed by atoms with Crippen molar-refractivity contribution in [2.45, 2.75) is 18.4 Å². The first kappa shape index (κ1) is 17.8. The number of anilines is 1. The lowest BCUT2D eigenvalue weighted by molar-refractivity contribution is 0.0696. The van der Waals surface area contributed by atoms with Crippen LogP contribution in [0.15, 0.2) is 76.2 Å². The van der Waals surface area contributed by atoms with Crippen LogP contribution in [0, 0.1) is 6.92 Å². The number of aryl methyl sites for hydroxylation is 1. The highest BCUT2D eigenvalue weighted by molar-refractivity contribution is 7.92. The van der Waals surface area contributed by atoms with Crippen molar-refractivity contribution in [1.82, 2.24) is 0 Å². The molecule has 7 heteroatoms. The van der Waals surface area contributed by atoms with E-state index >= 15 is 0 Å². The van der Waals surface area contributed by atoms with E-state index < -0.39 is 16.0 Å². The molecule has 0 aliphatic rings. The maximum absolute atomic E-state index is 13.3. The van der Waals surface area contributed by atoms with Gasteiger partial charge in [0, 0.05) is 0 Å². The Morgan fingerprint density at radius 3 is 2.42 bits per heavy atom. The van der Waals surface area contributed by atoms with Gasteiger partial charge in [-0.1, -0.05) is 24.3 Å². The van der Waals surface area contributed by atoms with E-state index in [1.807, 2.05) is 0 Å². The van der Waals surface area contributed by atoms with E-state index in [0.29, 0.717) is 17.0 Å². The van der Waals surface area contributed by atoms with Crippen LogP contribution in [0.3, 0.4) is 0 Å². The predicted molar refractivity (Wildman–Crippen MR) is 96.7 cm³/mol. The number of carboxylic acid groups (broad SMARTS) is 1. The molecule has 0 fully saturated rings. The van der Waals surface area contributed by atoms with Gasteiger partial charge in [-0.05, 0) is 48.9 Å². The van der Waals surface area contributed by atoms with Gasteiger partial charge in [0.05, 0.1) is 29.0 Å². The Labute approximate surface area is 151 Å². The SMILES string of the molecule is Cc1ccc(C(=O)O)cc1S(=O)(=O)N(Cc1ccco1)c1ccccc1. The second-order valence-electron chi connectivity index (χ2n) is 5.71. The number of rotatable bonds is 6. The Morgan fingerprint density at radius 2 is 1.81 bits per heavy atom. The summed E-state index contributed by atoms with van der Waals surface area (Å²) in [6, 6.07) is 16.0. The third-order valence-corrected chi connectivity index (χ3v) is 5.84. The lowest BCUT2D eigenvalue weighted by Gasteiger charge is -2.24. The van der Waals surface area contributed by atoms with E-state index in [4.69, 9.17) is 4.42 Å². The van der Waals surface area contributed by atoms with Gasteiger partial charge in [-0.25, -0.2) is 13.2 Å². The van der Waals surface area contributed by atoms with E-state index in [1.54, 1.807) is 49.4 Å². The first-order chi connectivity index (χ1) is 12.4. The second kappa shape index (κ2) is 7.05. The van der Waals surface area contributed by atoms with Crippen LogP contribution in [0.1, 0.15) is 21.7 Å². The minimum absolute atomic E-state index is 0.00388. The van der Waals surface area contributed by atoms with Crippen LogP contribution < -0.4 is 4.31 Å². The zero-order valence-corrected chi connectivity index (χ0v) is 14.8. The maximum atomic E-state index is 13.3. The highest BCUT2D eigenvalue weighted by Crippen LogP contribution is 2.28. The number of nitrogens with zero attached hydrogens (tertiary/aromatic N) is 1. The Kier molecular flexibility index (Phi) is 4.81. The number of carbonyl (C=O) groups is 1. The van der Waals surface area contributed by atoms with Gasteiger partial charge in [0.2, 0.25) is 0 Å². The minimum atomic E-state index is -4.01. The first-order valence-electron chi connectivity index (χ1n) is 7.84. The van der Waals surface area contributed by atoms with Crippen LogP contribution in [-0.2, 0) is 16.6 Å². The van der Waals surface area contributed by atoms with E-state index in [-0.39, 0.29) is 17.0 Å². The molecule has 134 valence electrons. The molecule has 2 aromatic carbocycles. The molecule has 0 spiro atoms. The van der Waals surface area contributed by atoms with Crippen molar-refractivity contribution in [1.29, 1.82) is 0 Å². The Balaban J connectivity index is 2.13. The lowest BCUT2D eigenvalue weighted by atomic mass is 10.1. The molecule has 0 bridgehead atoms. The molecule has 0 radical (unpaired) electrons. The van der Waals surface area contributed by atoms with Gasteiger partial charge < -0.3 is 9.52 Å². The average Bonchev–Trinajstić information content (AvgIpc) is 3.13. The summed E-state index contributed by atoms with van der Waals surface area (Å²) in [7, 11) is -4.01. The number of benzene rings is 2. The highest BCUT2D eigenvalue weighted by atomic mass is 32.2. The van der Waals surface area contributed by atoms with Gasteiger partial charge in [0.15, 0.2) is 0 Å². The van der Waals surface area contributed by atoms with Gasteiger partial charge in [-0.3, -0.25) is 4.31 Å². The molecule has 0 aliphatic heterocycles. The topological polar surface area (TPSA) is 87.8 Å². The second-order valence-corrected chi connectivity index (χ2v) is 7.54. The molecule has 1 aromatic heterocycles. The zero-order valence-electron chi connectivity index (χ0n) is 14.0. The fourth-order valence-corrected chi connectivity index (χ4v) is 4.27. The third kappa shape index (κ3) is 3.48. The normalized spacial score (nSPS) is 11.3. The van der Waals surface area contributed by atoms with Crippen molar-refractivity contribution in [2.24, 2.45) is 0 Å². The van der Waals surface area contributed by atoms with Crippen LogP contribution in [0.25, 0.3) is 0 Å². The van der Waals surface area contributed by atoms with Crippen LogP contribution in [0.2, 0.25) is 0 Å². The average molecular weight is 371 g/mol. The number of carboxylic acids is 1. The molecule has 0 saturated carbocycles. The maximum Gasteiger partial charge on any atom is 0.335 e. The van der Waals surface area contributed by atoms with Crippen molar-refractivity contribution in [2.75, 3.05) is 4.31 Å². The molecule has 1 heterocycles. The van der Waals surface area contributed by atoms with Crippen molar-refractivity contribution < 1.29 is 22.7 Å². The standard InChI is InChI=1S/C19H17NO5S/c1-14-9-10-15(19(21)22)12-18(14)26(23,24)20(13-17-8-5-11-25-17)16-6-3-2-4-7-16/h2-12H,13H2,1H3,(H,21,22). The van der Waals surface area contributed by atoms with Crippen LogP contribution in [0.5, 0.6) is 0 Å². The molecule has 0 atom stereocenters. The number of hydrogen-bond donors (Lipinski definition) is 1. The summed E-state index contributed by atoms with van der Waals surface area (Å²) < 4.78 is 33.2. The van der Waals surface area contributed by atoms with Crippen molar-refractivity contribution >= 4 is 21.7 Å². The van der Waals surface area contributed by atoms with E-state index in [0.717, 1.165) is 0 Å². The summed E-state index contributed by atoms with van der Waals surface area (Å²) >= 11 is 0. The van der Waals surface area contributed by atoms with Crippen molar-refractivity contribution in [3.63, 3.8) is 0 Å². The lowest BCUT2D eigenvalue weighted by Crippen LogP contribution is -2.31. The summed E-state index contributed by atoms with van der Waals surface area (Å²) in [6.45, 7) is 1.63. The van der Waals surface area contributed by atoms with Gasteiger partial charge >= 0.3 is 5.97 Å². The van der Waals surface area contributed by atoms with Crippen molar-refractivity contribution in [3.8, 4) is 0 Å². The third-order valence-electron chi connectivity index (χ3n) is 3.93. The zero-order chi connectivity index (χ0) is 18.7. The molecule has 3 aromatic rings. The molecule has 6 nitrogen and oxygen atoms in total. The Hall–Kier alpha value is -3.06. The molecule has 0 saturated heterocycles. The summed E-state index contributed by atoms with van der Waals surface area (Å²) in [5.41, 5.74) is 0.847. The summed E-state index contributed by atoms with van der Waals surface area (Å²) in [4.78, 5) is 11.2. The molecule has 3 rings (SSSR count). The van der Waals surface area contributed by atoms with E-state index in [2.05, 4.69) is 0 Å². The van der Waals surface area contributed by atoms with Gasteiger partial charge in [-0.2, -0.15) is 0 Å². The van der Waals surface area contributed by atoms with E-state index in [9.17, 15) is 18.3 Å². The van der Waals surface area contributed by atoms with Gasteiger partial charge in [-0.15, -0.1) is 0 Å². The van der Waals surface area contributed by atoms with Gasteiger partial charge in [0.1, 0.15) is 5.76 Å². The number of aromatic carboxylic acids is 1. The number of sulfonamides is 1. The molecule has 0 amide bonds. The fraction of sp³-hybridized carbons (Fsp3) is 0.105. The summed E-state index contributed by atoms with van der Waals surface area (Å²) in [5.74, 6) is -0.705. The fourth-order valence-electron chi connectivity index (χ4n) is 2.58. The monoisotopic (exact) mass is 371 g/mol. The Bertz CT molecular complexity index is 1010. The molecule has 26 heavy (non-hydrogen) atoms. The molecule has 0 unspecified atom stereocenters. The van der Waals surface area contributed by atoms with Crippen LogP contribution >= 0.6 is 0 Å². The van der Waals surface area contributed by atoms with Gasteiger partial charge in [0.25, 0.3) is 10.0 Å². The number of para-hydroxylation sites is 1. The largest absolute Gasteiger partial charge is 0.478 e. The smallest absolute Gasteiger partial charge is 0.335 e. The highest BCUT2D eigenvalue weighted by Gasteiger charge is 2.28. The Morgan fingerprint density at radius 1 is 1.08 bits per heavy atom. The van der Waals surface area contributed by atoms with Crippen LogP contribution in [0.4, 0.5) is 5.69 Å². The minimum Gasteiger partial charge on any atom is -0.478 e. The quantitative estimate of drug-likeness (QED) is 0.714. The number of hydrogen-bond acceptors (Lipinski definition) is 4. The summed E-state index contributed by atoms with van der Waals surface area (Å²) in [5, 5.41) is 9.21. The van der Waals surface area contributed by atoms with Crippen LogP contribution in [-0.4, -0.2) is 19.5 Å².